The molecule has 0 radical (unpaired) electrons. The second-order valence-electron chi connectivity index (χ2n) is 5.50. The van der Waals surface area contributed by atoms with Crippen LogP contribution >= 0.6 is 15.9 Å². The number of nitrogens with zero attached hydrogens (tertiary/aromatic N) is 3. The minimum absolute atomic E-state index is 1.01. The van der Waals surface area contributed by atoms with Gasteiger partial charge < -0.3 is 0 Å². The van der Waals surface area contributed by atoms with Crippen LogP contribution in [0.15, 0.2) is 53.3 Å². The van der Waals surface area contributed by atoms with Gasteiger partial charge in [-0.05, 0) is 23.3 Å². The third kappa shape index (κ3) is 4.13. The van der Waals surface area contributed by atoms with Gasteiger partial charge in [-0.2, -0.15) is 0 Å². The Labute approximate surface area is 134 Å². The number of piperazine rings is 1. The van der Waals surface area contributed by atoms with Crippen LogP contribution in [0.25, 0.3) is 0 Å². The lowest BCUT2D eigenvalue weighted by Gasteiger charge is -2.34. The highest BCUT2D eigenvalue weighted by atomic mass is 79.9. The van der Waals surface area contributed by atoms with E-state index in [1.807, 2.05) is 18.5 Å². The predicted molar refractivity (Wildman–Crippen MR) is 88.9 cm³/mol. The summed E-state index contributed by atoms with van der Waals surface area (Å²) in [6, 6.07) is 12.7. The summed E-state index contributed by atoms with van der Waals surface area (Å²) < 4.78 is 1.21. The number of pyridine rings is 1. The monoisotopic (exact) mass is 345 g/mol. The molecule has 21 heavy (non-hydrogen) atoms. The number of hydrogen-bond acceptors (Lipinski definition) is 3. The summed E-state index contributed by atoms with van der Waals surface area (Å²) in [4.78, 5) is 9.22. The minimum Gasteiger partial charge on any atom is -0.297 e. The van der Waals surface area contributed by atoms with E-state index in [1.54, 1.807) is 0 Å². The topological polar surface area (TPSA) is 19.4 Å². The normalized spacial score (nSPS) is 17.0. The quantitative estimate of drug-likeness (QED) is 0.848. The Kier molecular flexibility index (Phi) is 5.01. The first-order valence-electron chi connectivity index (χ1n) is 7.38. The largest absolute Gasteiger partial charge is 0.297 e. The van der Waals surface area contributed by atoms with E-state index in [0.717, 1.165) is 39.3 Å². The molecule has 1 aliphatic rings. The second-order valence-corrected chi connectivity index (χ2v) is 6.36. The number of hydrogen-bond donors (Lipinski definition) is 0. The summed E-state index contributed by atoms with van der Waals surface area (Å²) in [7, 11) is 0. The van der Waals surface area contributed by atoms with E-state index in [2.05, 4.69) is 61.0 Å². The molecule has 0 saturated carbocycles. The van der Waals surface area contributed by atoms with Crippen molar-refractivity contribution in [2.75, 3.05) is 26.2 Å². The molecule has 0 amide bonds. The molecule has 1 fully saturated rings. The van der Waals surface area contributed by atoms with Gasteiger partial charge in [0.2, 0.25) is 0 Å². The van der Waals surface area contributed by atoms with Crippen molar-refractivity contribution in [3.63, 3.8) is 0 Å². The summed E-state index contributed by atoms with van der Waals surface area (Å²) in [5.74, 6) is 0. The van der Waals surface area contributed by atoms with E-state index in [4.69, 9.17) is 0 Å². The van der Waals surface area contributed by atoms with E-state index in [-0.39, 0.29) is 0 Å². The summed E-state index contributed by atoms with van der Waals surface area (Å²) in [5.41, 5.74) is 2.68. The van der Waals surface area contributed by atoms with Crippen molar-refractivity contribution < 1.29 is 0 Å². The summed E-state index contributed by atoms with van der Waals surface area (Å²) in [5, 5.41) is 0. The van der Waals surface area contributed by atoms with Crippen molar-refractivity contribution in [2.24, 2.45) is 0 Å². The van der Waals surface area contributed by atoms with Crippen LogP contribution in [0.3, 0.4) is 0 Å². The Hall–Kier alpha value is -1.23. The van der Waals surface area contributed by atoms with Crippen molar-refractivity contribution >= 4 is 15.9 Å². The molecule has 0 aliphatic carbocycles. The lowest BCUT2D eigenvalue weighted by atomic mass is 10.2. The minimum atomic E-state index is 1.01. The van der Waals surface area contributed by atoms with Gasteiger partial charge in [-0.1, -0.05) is 40.2 Å². The zero-order chi connectivity index (χ0) is 14.5. The third-order valence-electron chi connectivity index (χ3n) is 3.95. The van der Waals surface area contributed by atoms with Crippen LogP contribution in [0.5, 0.6) is 0 Å². The molecule has 1 aromatic carbocycles. The molecule has 4 heteroatoms. The fourth-order valence-corrected chi connectivity index (χ4v) is 3.13. The molecule has 0 atom stereocenters. The fourth-order valence-electron chi connectivity index (χ4n) is 2.72. The molecule has 0 spiro atoms. The highest BCUT2D eigenvalue weighted by Crippen LogP contribution is 2.18. The number of halogens is 1. The summed E-state index contributed by atoms with van der Waals surface area (Å²) >= 11 is 3.64. The van der Waals surface area contributed by atoms with Gasteiger partial charge in [0.15, 0.2) is 0 Å². The lowest BCUT2D eigenvalue weighted by Crippen LogP contribution is -2.45. The van der Waals surface area contributed by atoms with Crippen LogP contribution in [-0.2, 0) is 13.1 Å². The van der Waals surface area contributed by atoms with Gasteiger partial charge in [-0.3, -0.25) is 14.8 Å². The standard InChI is InChI=1S/C17H20BrN3/c18-17-6-2-1-5-16(17)14-21-10-8-20(9-11-21)13-15-4-3-7-19-12-15/h1-7,12H,8-11,13-14H2. The van der Waals surface area contributed by atoms with Gasteiger partial charge in [-0.15, -0.1) is 0 Å². The summed E-state index contributed by atoms with van der Waals surface area (Å²) in [6.07, 6.45) is 3.80. The fraction of sp³-hybridized carbons (Fsp3) is 0.353. The highest BCUT2D eigenvalue weighted by molar-refractivity contribution is 9.10. The molecule has 0 bridgehead atoms. The molecule has 1 aromatic heterocycles. The Morgan fingerprint density at radius 3 is 2.29 bits per heavy atom. The molecule has 1 aliphatic heterocycles. The van der Waals surface area contributed by atoms with Gasteiger partial charge in [0, 0.05) is 56.1 Å². The van der Waals surface area contributed by atoms with Crippen LogP contribution in [0.4, 0.5) is 0 Å². The molecule has 110 valence electrons. The molecule has 2 aromatic rings. The van der Waals surface area contributed by atoms with E-state index in [0.29, 0.717) is 0 Å². The maximum atomic E-state index is 4.19. The number of rotatable bonds is 4. The van der Waals surface area contributed by atoms with Gasteiger partial charge in [0.05, 0.1) is 0 Å². The van der Waals surface area contributed by atoms with Crippen LogP contribution in [0.2, 0.25) is 0 Å². The zero-order valence-corrected chi connectivity index (χ0v) is 13.7. The van der Waals surface area contributed by atoms with Crippen molar-refractivity contribution in [1.29, 1.82) is 0 Å². The number of aromatic nitrogens is 1. The molecule has 3 nitrogen and oxygen atoms in total. The number of benzene rings is 1. The summed E-state index contributed by atoms with van der Waals surface area (Å²) in [6.45, 7) is 6.54. The molecule has 0 unspecified atom stereocenters. The van der Waals surface area contributed by atoms with Crippen molar-refractivity contribution in [3.05, 3.63) is 64.4 Å². The Morgan fingerprint density at radius 2 is 1.62 bits per heavy atom. The van der Waals surface area contributed by atoms with E-state index >= 15 is 0 Å². The van der Waals surface area contributed by atoms with E-state index < -0.39 is 0 Å². The Balaban J connectivity index is 1.50. The van der Waals surface area contributed by atoms with Crippen molar-refractivity contribution in [1.82, 2.24) is 14.8 Å². The van der Waals surface area contributed by atoms with E-state index in [1.165, 1.54) is 15.6 Å². The van der Waals surface area contributed by atoms with Gasteiger partial charge in [0.1, 0.15) is 0 Å². The van der Waals surface area contributed by atoms with Crippen molar-refractivity contribution in [2.45, 2.75) is 13.1 Å². The highest BCUT2D eigenvalue weighted by Gasteiger charge is 2.17. The molecule has 1 saturated heterocycles. The first kappa shape index (κ1) is 14.7. The molecule has 3 rings (SSSR count). The van der Waals surface area contributed by atoms with Gasteiger partial charge in [-0.25, -0.2) is 0 Å². The Bertz CT molecular complexity index is 565. The van der Waals surface area contributed by atoms with Crippen LogP contribution in [-0.4, -0.2) is 41.0 Å². The van der Waals surface area contributed by atoms with Crippen LogP contribution in [0.1, 0.15) is 11.1 Å². The maximum absolute atomic E-state index is 4.19. The predicted octanol–water partition coefficient (Wildman–Crippen LogP) is 3.16. The van der Waals surface area contributed by atoms with Crippen LogP contribution in [0, 0.1) is 0 Å². The lowest BCUT2D eigenvalue weighted by molar-refractivity contribution is 0.122. The maximum Gasteiger partial charge on any atom is 0.0312 e. The van der Waals surface area contributed by atoms with E-state index in [9.17, 15) is 0 Å². The first-order valence-corrected chi connectivity index (χ1v) is 8.17. The van der Waals surface area contributed by atoms with Crippen LogP contribution < -0.4 is 0 Å². The Morgan fingerprint density at radius 1 is 0.905 bits per heavy atom. The smallest absolute Gasteiger partial charge is 0.0312 e. The SMILES string of the molecule is Brc1ccccc1CN1CCN(Cc2cccnc2)CC1. The molecule has 2 heterocycles. The second kappa shape index (κ2) is 7.16. The zero-order valence-electron chi connectivity index (χ0n) is 12.1. The average Bonchev–Trinajstić information content (AvgIpc) is 2.52. The molecular weight excluding hydrogens is 326 g/mol. The molecule has 0 N–H and O–H groups in total. The first-order chi connectivity index (χ1) is 10.3. The molecular formula is C17H20BrN3. The van der Waals surface area contributed by atoms with Gasteiger partial charge >= 0.3 is 0 Å². The average molecular weight is 346 g/mol. The third-order valence-corrected chi connectivity index (χ3v) is 4.72. The van der Waals surface area contributed by atoms with Crippen molar-refractivity contribution in [3.8, 4) is 0 Å². The van der Waals surface area contributed by atoms with Gasteiger partial charge in [0.25, 0.3) is 0 Å².